The molecule has 4 heteroatoms. The third-order valence-corrected chi connectivity index (χ3v) is 3.87. The zero-order valence-corrected chi connectivity index (χ0v) is 10.5. The van der Waals surface area contributed by atoms with Gasteiger partial charge in [-0.05, 0) is 18.2 Å². The molecule has 0 fully saturated rings. The number of rotatable bonds is 3. The van der Waals surface area contributed by atoms with Crippen molar-refractivity contribution in [2.45, 2.75) is 10.6 Å². The second-order valence-corrected chi connectivity index (χ2v) is 4.91. The van der Waals surface area contributed by atoms with Crippen molar-refractivity contribution in [3.8, 4) is 0 Å². The van der Waals surface area contributed by atoms with Gasteiger partial charge >= 0.3 is 0 Å². The molecule has 0 bridgehead atoms. The van der Waals surface area contributed by atoms with Crippen LogP contribution in [0.15, 0.2) is 58.2 Å². The molecule has 3 aromatic rings. The maximum absolute atomic E-state index is 6.01. The Labute approximate surface area is 109 Å². The number of furan rings is 1. The summed E-state index contributed by atoms with van der Waals surface area (Å²) in [5.74, 6) is 1.71. The van der Waals surface area contributed by atoms with Crippen LogP contribution in [0.5, 0.6) is 0 Å². The first-order valence-corrected chi connectivity index (χ1v) is 6.61. The number of thioether (sulfide) groups is 1. The summed E-state index contributed by atoms with van der Waals surface area (Å²) < 4.78 is 5.33. The zero-order chi connectivity index (χ0) is 12.4. The Morgan fingerprint density at radius 3 is 2.89 bits per heavy atom. The van der Waals surface area contributed by atoms with Crippen molar-refractivity contribution < 1.29 is 4.42 Å². The van der Waals surface area contributed by atoms with Gasteiger partial charge in [0.25, 0.3) is 0 Å². The molecule has 0 unspecified atom stereocenters. The predicted molar refractivity (Wildman–Crippen MR) is 74.4 cm³/mol. The molecule has 0 atom stereocenters. The summed E-state index contributed by atoms with van der Waals surface area (Å²) in [6.45, 7) is 0. The quantitative estimate of drug-likeness (QED) is 0.726. The fourth-order valence-electron chi connectivity index (χ4n) is 1.83. The second-order valence-electron chi connectivity index (χ2n) is 3.93. The number of nitrogen functional groups attached to an aromatic ring is 1. The highest BCUT2D eigenvalue weighted by molar-refractivity contribution is 7.98. The molecular formula is C14H12N2OS. The van der Waals surface area contributed by atoms with Gasteiger partial charge in [0.05, 0.1) is 29.4 Å². The minimum Gasteiger partial charge on any atom is -0.468 e. The van der Waals surface area contributed by atoms with E-state index in [9.17, 15) is 0 Å². The van der Waals surface area contributed by atoms with E-state index < -0.39 is 0 Å². The summed E-state index contributed by atoms with van der Waals surface area (Å²) in [6.07, 6.45) is 3.40. The standard InChI is InChI=1S/C14H12N2OS/c15-12-8-16-13-6-2-1-5-11(13)14(12)18-9-10-4-3-7-17-10/h1-8H,9,15H2. The number of aromatic nitrogens is 1. The third kappa shape index (κ3) is 2.07. The summed E-state index contributed by atoms with van der Waals surface area (Å²) in [5, 5.41) is 1.09. The molecule has 0 amide bonds. The highest BCUT2D eigenvalue weighted by Crippen LogP contribution is 2.33. The van der Waals surface area contributed by atoms with Gasteiger partial charge in [-0.2, -0.15) is 0 Å². The number of benzene rings is 1. The molecule has 2 N–H and O–H groups in total. The van der Waals surface area contributed by atoms with Crippen LogP contribution in [0.2, 0.25) is 0 Å². The van der Waals surface area contributed by atoms with Crippen molar-refractivity contribution in [2.24, 2.45) is 0 Å². The van der Waals surface area contributed by atoms with E-state index in [1.807, 2.05) is 36.4 Å². The Morgan fingerprint density at radius 1 is 1.17 bits per heavy atom. The van der Waals surface area contributed by atoms with Crippen LogP contribution >= 0.6 is 11.8 Å². The molecule has 90 valence electrons. The van der Waals surface area contributed by atoms with Crippen molar-refractivity contribution in [1.82, 2.24) is 4.98 Å². The molecule has 0 saturated heterocycles. The van der Waals surface area contributed by atoms with Gasteiger partial charge < -0.3 is 10.2 Å². The van der Waals surface area contributed by atoms with Gasteiger partial charge in [-0.3, -0.25) is 4.98 Å². The summed E-state index contributed by atoms with van der Waals surface area (Å²) in [6, 6.07) is 11.9. The largest absolute Gasteiger partial charge is 0.468 e. The van der Waals surface area contributed by atoms with Crippen molar-refractivity contribution >= 4 is 28.4 Å². The van der Waals surface area contributed by atoms with E-state index in [0.717, 1.165) is 27.3 Å². The molecule has 0 aliphatic heterocycles. The van der Waals surface area contributed by atoms with Gasteiger partial charge in [0.2, 0.25) is 0 Å². The maximum atomic E-state index is 6.01. The molecule has 0 aliphatic carbocycles. The van der Waals surface area contributed by atoms with E-state index in [0.29, 0.717) is 5.69 Å². The minimum absolute atomic E-state index is 0.713. The van der Waals surface area contributed by atoms with Gasteiger partial charge in [0.1, 0.15) is 5.76 Å². The van der Waals surface area contributed by atoms with E-state index in [2.05, 4.69) is 4.98 Å². The fraction of sp³-hybridized carbons (Fsp3) is 0.0714. The summed E-state index contributed by atoms with van der Waals surface area (Å²) in [4.78, 5) is 5.39. The zero-order valence-electron chi connectivity index (χ0n) is 9.67. The smallest absolute Gasteiger partial charge is 0.114 e. The number of pyridine rings is 1. The first-order valence-electron chi connectivity index (χ1n) is 5.63. The Balaban J connectivity index is 1.97. The summed E-state index contributed by atoms with van der Waals surface area (Å²) >= 11 is 1.68. The number of anilines is 1. The van der Waals surface area contributed by atoms with Crippen molar-refractivity contribution in [3.63, 3.8) is 0 Å². The van der Waals surface area contributed by atoms with Crippen LogP contribution in [0, 0.1) is 0 Å². The Kier molecular flexibility index (Phi) is 2.94. The van der Waals surface area contributed by atoms with Gasteiger partial charge in [-0.25, -0.2) is 0 Å². The number of nitrogens with two attached hydrogens (primary N) is 1. The van der Waals surface area contributed by atoms with E-state index in [1.54, 1.807) is 24.2 Å². The molecular weight excluding hydrogens is 244 g/mol. The second kappa shape index (κ2) is 4.74. The Hall–Kier alpha value is -1.94. The molecule has 3 nitrogen and oxygen atoms in total. The monoisotopic (exact) mass is 256 g/mol. The molecule has 18 heavy (non-hydrogen) atoms. The van der Waals surface area contributed by atoms with Crippen molar-refractivity contribution in [2.75, 3.05) is 5.73 Å². The van der Waals surface area contributed by atoms with Gasteiger partial charge in [-0.1, -0.05) is 18.2 Å². The van der Waals surface area contributed by atoms with Crippen LogP contribution in [0.4, 0.5) is 5.69 Å². The minimum atomic E-state index is 0.713. The lowest BCUT2D eigenvalue weighted by molar-refractivity contribution is 0.530. The van der Waals surface area contributed by atoms with Gasteiger partial charge in [0, 0.05) is 10.3 Å². The fourth-order valence-corrected chi connectivity index (χ4v) is 2.83. The van der Waals surface area contributed by atoms with E-state index >= 15 is 0 Å². The molecule has 0 radical (unpaired) electrons. The Bertz CT molecular complexity index is 665. The van der Waals surface area contributed by atoms with Crippen molar-refractivity contribution in [1.29, 1.82) is 0 Å². The van der Waals surface area contributed by atoms with Gasteiger partial charge in [-0.15, -0.1) is 11.8 Å². The first kappa shape index (κ1) is 11.2. The number of hydrogen-bond donors (Lipinski definition) is 1. The van der Waals surface area contributed by atoms with E-state index in [1.165, 1.54) is 0 Å². The lowest BCUT2D eigenvalue weighted by Gasteiger charge is -2.07. The normalized spacial score (nSPS) is 10.9. The van der Waals surface area contributed by atoms with E-state index in [-0.39, 0.29) is 0 Å². The lowest BCUT2D eigenvalue weighted by Crippen LogP contribution is -1.92. The number of para-hydroxylation sites is 1. The predicted octanol–water partition coefficient (Wildman–Crippen LogP) is 3.70. The maximum Gasteiger partial charge on any atom is 0.114 e. The average Bonchev–Trinajstić information content (AvgIpc) is 2.91. The molecule has 0 aliphatic rings. The highest BCUT2D eigenvalue weighted by Gasteiger charge is 2.08. The highest BCUT2D eigenvalue weighted by atomic mass is 32.2. The van der Waals surface area contributed by atoms with Crippen LogP contribution in [0.3, 0.4) is 0 Å². The summed E-state index contributed by atoms with van der Waals surface area (Å²) in [5.41, 5.74) is 7.69. The SMILES string of the molecule is Nc1cnc2ccccc2c1SCc1ccco1. The van der Waals surface area contributed by atoms with Crippen LogP contribution in [-0.4, -0.2) is 4.98 Å². The Morgan fingerprint density at radius 2 is 2.06 bits per heavy atom. The molecule has 2 heterocycles. The number of hydrogen-bond acceptors (Lipinski definition) is 4. The first-order chi connectivity index (χ1) is 8.84. The van der Waals surface area contributed by atoms with Crippen LogP contribution in [0.25, 0.3) is 10.9 Å². The molecule has 1 aromatic carbocycles. The molecule has 0 spiro atoms. The van der Waals surface area contributed by atoms with Gasteiger partial charge in [0.15, 0.2) is 0 Å². The lowest BCUT2D eigenvalue weighted by atomic mass is 10.2. The summed E-state index contributed by atoms with van der Waals surface area (Å²) in [7, 11) is 0. The van der Waals surface area contributed by atoms with E-state index in [4.69, 9.17) is 10.2 Å². The van der Waals surface area contributed by atoms with Crippen LogP contribution in [-0.2, 0) is 5.75 Å². The topological polar surface area (TPSA) is 52.0 Å². The van der Waals surface area contributed by atoms with Crippen LogP contribution < -0.4 is 5.73 Å². The van der Waals surface area contributed by atoms with Crippen molar-refractivity contribution in [3.05, 3.63) is 54.6 Å². The number of fused-ring (bicyclic) bond motifs is 1. The molecule has 0 saturated carbocycles. The average molecular weight is 256 g/mol. The van der Waals surface area contributed by atoms with Crippen LogP contribution in [0.1, 0.15) is 5.76 Å². The third-order valence-electron chi connectivity index (χ3n) is 2.69. The number of nitrogens with zero attached hydrogens (tertiary/aromatic N) is 1. The molecule has 2 aromatic heterocycles. The molecule has 3 rings (SSSR count).